The summed E-state index contributed by atoms with van der Waals surface area (Å²) in [5, 5.41) is 0. The Balaban J connectivity index is 2.22. The molecule has 6 heteroatoms. The van der Waals surface area contributed by atoms with Crippen LogP contribution in [0.4, 0.5) is 13.2 Å². The molecular formula is C16H19F3O3. The van der Waals surface area contributed by atoms with E-state index < -0.39 is 17.7 Å². The van der Waals surface area contributed by atoms with Gasteiger partial charge < -0.3 is 9.47 Å². The molecular weight excluding hydrogens is 297 g/mol. The van der Waals surface area contributed by atoms with Crippen LogP contribution >= 0.6 is 0 Å². The molecule has 0 N–H and O–H groups in total. The molecule has 2 rings (SSSR count). The zero-order valence-corrected chi connectivity index (χ0v) is 12.4. The van der Waals surface area contributed by atoms with Crippen molar-refractivity contribution >= 4 is 5.97 Å². The molecule has 0 radical (unpaired) electrons. The van der Waals surface area contributed by atoms with Gasteiger partial charge in [-0.15, -0.1) is 0 Å². The Bertz CT molecular complexity index is 520. The van der Waals surface area contributed by atoms with E-state index in [-0.39, 0.29) is 23.8 Å². The lowest BCUT2D eigenvalue weighted by molar-refractivity contribution is -0.141. The van der Waals surface area contributed by atoms with Crippen LogP contribution in [0.1, 0.15) is 43.2 Å². The van der Waals surface area contributed by atoms with Crippen molar-refractivity contribution in [2.75, 3.05) is 7.11 Å². The fourth-order valence-corrected chi connectivity index (χ4v) is 2.61. The second kappa shape index (κ2) is 7.03. The van der Waals surface area contributed by atoms with E-state index in [0.29, 0.717) is 0 Å². The Morgan fingerprint density at radius 2 is 1.91 bits per heavy atom. The molecule has 1 aromatic carbocycles. The van der Waals surface area contributed by atoms with Crippen molar-refractivity contribution < 1.29 is 27.4 Å². The van der Waals surface area contributed by atoms with Crippen LogP contribution in [0.2, 0.25) is 0 Å². The van der Waals surface area contributed by atoms with Crippen LogP contribution in [0.3, 0.4) is 0 Å². The highest BCUT2D eigenvalue weighted by Crippen LogP contribution is 2.38. The van der Waals surface area contributed by atoms with Crippen LogP contribution in [0.25, 0.3) is 0 Å². The molecule has 1 aromatic rings. The number of carbonyl (C=O) groups excluding carboxylic acids is 1. The first-order chi connectivity index (χ1) is 10.4. The standard InChI is InChI=1S/C16H19F3O3/c1-21-15(20)10-11-7-8-14(13(9-11)16(17,18)19)22-12-5-3-2-4-6-12/h7-9,12H,2-6,10H2,1H3. The second-order valence-corrected chi connectivity index (χ2v) is 5.46. The Labute approximate surface area is 127 Å². The van der Waals surface area contributed by atoms with Gasteiger partial charge in [0, 0.05) is 0 Å². The molecule has 1 fully saturated rings. The van der Waals surface area contributed by atoms with Crippen molar-refractivity contribution in [3.05, 3.63) is 29.3 Å². The summed E-state index contributed by atoms with van der Waals surface area (Å²) in [6.07, 6.45) is -0.258. The molecule has 1 saturated carbocycles. The molecule has 1 aliphatic carbocycles. The Hall–Kier alpha value is -1.72. The van der Waals surface area contributed by atoms with E-state index in [1.165, 1.54) is 19.2 Å². The number of carbonyl (C=O) groups is 1. The number of ether oxygens (including phenoxy) is 2. The van der Waals surface area contributed by atoms with Crippen molar-refractivity contribution in [2.45, 2.75) is 50.8 Å². The lowest BCUT2D eigenvalue weighted by atomic mass is 9.97. The molecule has 0 heterocycles. The van der Waals surface area contributed by atoms with Crippen LogP contribution in [-0.4, -0.2) is 19.2 Å². The molecule has 1 aliphatic rings. The molecule has 0 unspecified atom stereocenters. The highest BCUT2D eigenvalue weighted by Gasteiger charge is 2.35. The zero-order chi connectivity index (χ0) is 16.2. The van der Waals surface area contributed by atoms with Crippen LogP contribution in [0.15, 0.2) is 18.2 Å². The third-order valence-electron chi connectivity index (χ3n) is 3.77. The van der Waals surface area contributed by atoms with Crippen LogP contribution < -0.4 is 4.74 Å². The van der Waals surface area contributed by atoms with Gasteiger partial charge in [-0.2, -0.15) is 13.2 Å². The van der Waals surface area contributed by atoms with Gasteiger partial charge in [-0.05, 0) is 43.4 Å². The Kier molecular flexibility index (Phi) is 5.32. The van der Waals surface area contributed by atoms with Gasteiger partial charge >= 0.3 is 12.1 Å². The fraction of sp³-hybridized carbons (Fsp3) is 0.562. The number of hydrogen-bond acceptors (Lipinski definition) is 3. The quantitative estimate of drug-likeness (QED) is 0.783. The first-order valence-electron chi connectivity index (χ1n) is 7.33. The van der Waals surface area contributed by atoms with Crippen molar-refractivity contribution in [2.24, 2.45) is 0 Å². The summed E-state index contributed by atoms with van der Waals surface area (Å²) >= 11 is 0. The molecule has 0 aromatic heterocycles. The van der Waals surface area contributed by atoms with E-state index in [0.717, 1.165) is 38.2 Å². The van der Waals surface area contributed by atoms with E-state index in [1.54, 1.807) is 0 Å². The van der Waals surface area contributed by atoms with E-state index >= 15 is 0 Å². The maximum Gasteiger partial charge on any atom is 0.419 e. The second-order valence-electron chi connectivity index (χ2n) is 5.46. The summed E-state index contributed by atoms with van der Waals surface area (Å²) in [5.41, 5.74) is -0.574. The third kappa shape index (κ3) is 4.39. The summed E-state index contributed by atoms with van der Waals surface area (Å²) < 4.78 is 49.7. The maximum absolute atomic E-state index is 13.2. The number of methoxy groups -OCH3 is 1. The molecule has 0 atom stereocenters. The SMILES string of the molecule is COC(=O)Cc1ccc(OC2CCCCC2)c(C(F)(F)F)c1. The van der Waals surface area contributed by atoms with E-state index in [1.807, 2.05) is 0 Å². The maximum atomic E-state index is 13.2. The highest BCUT2D eigenvalue weighted by atomic mass is 19.4. The zero-order valence-electron chi connectivity index (χ0n) is 12.4. The molecule has 0 amide bonds. The van der Waals surface area contributed by atoms with E-state index in [4.69, 9.17) is 4.74 Å². The molecule has 0 bridgehead atoms. The number of esters is 1. The van der Waals surface area contributed by atoms with Gasteiger partial charge in [0.1, 0.15) is 5.75 Å². The normalized spacial score (nSPS) is 16.4. The van der Waals surface area contributed by atoms with Gasteiger partial charge in [-0.1, -0.05) is 12.5 Å². The topological polar surface area (TPSA) is 35.5 Å². The average molecular weight is 316 g/mol. The smallest absolute Gasteiger partial charge is 0.419 e. The summed E-state index contributed by atoms with van der Waals surface area (Å²) in [4.78, 5) is 11.2. The first kappa shape index (κ1) is 16.6. The van der Waals surface area contributed by atoms with Crippen LogP contribution in [-0.2, 0) is 22.1 Å². The lowest BCUT2D eigenvalue weighted by Crippen LogP contribution is -2.21. The van der Waals surface area contributed by atoms with Gasteiger partial charge in [-0.3, -0.25) is 4.79 Å². The molecule has 0 aliphatic heterocycles. The minimum Gasteiger partial charge on any atom is -0.490 e. The third-order valence-corrected chi connectivity index (χ3v) is 3.77. The number of rotatable bonds is 4. The summed E-state index contributed by atoms with van der Waals surface area (Å²) in [6, 6.07) is 3.75. The minimum atomic E-state index is -4.52. The molecule has 0 saturated heterocycles. The van der Waals surface area contributed by atoms with Gasteiger partial charge in [0.2, 0.25) is 0 Å². The summed E-state index contributed by atoms with van der Waals surface area (Å²) in [6.45, 7) is 0. The van der Waals surface area contributed by atoms with Crippen molar-refractivity contribution in [1.29, 1.82) is 0 Å². The van der Waals surface area contributed by atoms with Gasteiger partial charge in [0.15, 0.2) is 0 Å². The minimum absolute atomic E-state index is 0.159. The highest BCUT2D eigenvalue weighted by molar-refractivity contribution is 5.72. The van der Waals surface area contributed by atoms with Gasteiger partial charge in [0.25, 0.3) is 0 Å². The molecule has 122 valence electrons. The van der Waals surface area contributed by atoms with Gasteiger partial charge in [0.05, 0.1) is 25.2 Å². The summed E-state index contributed by atoms with van der Waals surface area (Å²) in [5.74, 6) is -0.734. The predicted octanol–water partition coefficient (Wildman–Crippen LogP) is 4.13. The van der Waals surface area contributed by atoms with E-state index in [2.05, 4.69) is 4.74 Å². The molecule has 22 heavy (non-hydrogen) atoms. The number of hydrogen-bond donors (Lipinski definition) is 0. The molecule has 3 nitrogen and oxygen atoms in total. The number of alkyl halides is 3. The fourth-order valence-electron chi connectivity index (χ4n) is 2.61. The monoisotopic (exact) mass is 316 g/mol. The molecule has 0 spiro atoms. The number of benzene rings is 1. The number of halogens is 3. The first-order valence-corrected chi connectivity index (χ1v) is 7.33. The van der Waals surface area contributed by atoms with Crippen molar-refractivity contribution in [1.82, 2.24) is 0 Å². The predicted molar refractivity (Wildman–Crippen MR) is 74.7 cm³/mol. The lowest BCUT2D eigenvalue weighted by Gasteiger charge is -2.25. The average Bonchev–Trinajstić information content (AvgIpc) is 2.48. The Morgan fingerprint density at radius 1 is 1.23 bits per heavy atom. The van der Waals surface area contributed by atoms with Crippen molar-refractivity contribution in [3.8, 4) is 5.75 Å². The largest absolute Gasteiger partial charge is 0.490 e. The van der Waals surface area contributed by atoms with Crippen molar-refractivity contribution in [3.63, 3.8) is 0 Å². The Morgan fingerprint density at radius 3 is 2.50 bits per heavy atom. The van der Waals surface area contributed by atoms with Crippen LogP contribution in [0, 0.1) is 0 Å². The summed E-state index contributed by atoms with van der Waals surface area (Å²) in [7, 11) is 1.20. The van der Waals surface area contributed by atoms with Gasteiger partial charge in [-0.25, -0.2) is 0 Å². The van der Waals surface area contributed by atoms with E-state index in [9.17, 15) is 18.0 Å². The van der Waals surface area contributed by atoms with Crippen LogP contribution in [0.5, 0.6) is 5.75 Å².